The molecule has 0 spiro atoms. The van der Waals surface area contributed by atoms with E-state index in [0.29, 0.717) is 19.3 Å². The Morgan fingerprint density at radius 3 is 2.46 bits per heavy atom. The smallest absolute Gasteiger partial charge is 0.222 e. The molecular weight excluding hydrogens is 302 g/mol. The molecule has 0 bridgehead atoms. The summed E-state index contributed by atoms with van der Waals surface area (Å²) in [5.41, 5.74) is 1.25. The van der Waals surface area contributed by atoms with Crippen molar-refractivity contribution in [2.45, 2.75) is 45.2 Å². The van der Waals surface area contributed by atoms with Crippen LogP contribution in [0.15, 0.2) is 30.3 Å². The van der Waals surface area contributed by atoms with Crippen molar-refractivity contribution in [3.8, 4) is 0 Å². The van der Waals surface area contributed by atoms with Gasteiger partial charge in [-0.25, -0.2) is 0 Å². The highest BCUT2D eigenvalue weighted by molar-refractivity contribution is 5.79. The molecule has 0 unspecified atom stereocenters. The molecule has 0 atom stereocenters. The zero-order valence-electron chi connectivity index (χ0n) is 15.0. The highest BCUT2D eigenvalue weighted by Crippen LogP contribution is 2.24. The number of nitrogens with zero attached hydrogens (tertiary/aromatic N) is 2. The summed E-state index contributed by atoms with van der Waals surface area (Å²) in [6.45, 7) is 7.67. The van der Waals surface area contributed by atoms with Gasteiger partial charge < -0.3 is 10.2 Å². The van der Waals surface area contributed by atoms with Crippen molar-refractivity contribution in [3.05, 3.63) is 35.9 Å². The van der Waals surface area contributed by atoms with Crippen LogP contribution in [0.1, 0.15) is 38.7 Å². The summed E-state index contributed by atoms with van der Waals surface area (Å²) >= 11 is 0. The maximum absolute atomic E-state index is 12.4. The number of amides is 2. The van der Waals surface area contributed by atoms with E-state index in [0.717, 1.165) is 26.2 Å². The first kappa shape index (κ1) is 18.5. The van der Waals surface area contributed by atoms with E-state index >= 15 is 0 Å². The lowest BCUT2D eigenvalue weighted by Crippen LogP contribution is -2.59. The van der Waals surface area contributed by atoms with Crippen LogP contribution in [-0.2, 0) is 16.1 Å². The van der Waals surface area contributed by atoms with E-state index in [-0.39, 0.29) is 17.4 Å². The summed E-state index contributed by atoms with van der Waals surface area (Å²) < 4.78 is 0. The third-order valence-electron chi connectivity index (χ3n) is 4.72. The molecule has 5 heteroatoms. The van der Waals surface area contributed by atoms with Crippen LogP contribution in [-0.4, -0.2) is 53.8 Å². The molecule has 1 fully saturated rings. The van der Waals surface area contributed by atoms with E-state index in [1.807, 2.05) is 11.0 Å². The molecule has 2 amide bonds. The topological polar surface area (TPSA) is 52.7 Å². The van der Waals surface area contributed by atoms with Crippen LogP contribution in [0.3, 0.4) is 0 Å². The summed E-state index contributed by atoms with van der Waals surface area (Å²) in [7, 11) is 1.62. The molecule has 24 heavy (non-hydrogen) atoms. The molecule has 0 radical (unpaired) electrons. The van der Waals surface area contributed by atoms with Gasteiger partial charge >= 0.3 is 0 Å². The molecule has 1 saturated heterocycles. The van der Waals surface area contributed by atoms with E-state index in [4.69, 9.17) is 0 Å². The monoisotopic (exact) mass is 331 g/mol. The average Bonchev–Trinajstić information content (AvgIpc) is 2.57. The normalized spacial score (nSPS) is 17.5. The summed E-state index contributed by atoms with van der Waals surface area (Å²) in [5.74, 6) is 0.155. The molecule has 1 heterocycles. The van der Waals surface area contributed by atoms with Crippen LogP contribution in [0.4, 0.5) is 0 Å². The van der Waals surface area contributed by atoms with Gasteiger partial charge in [0.15, 0.2) is 0 Å². The minimum Gasteiger partial charge on any atom is -0.359 e. The fraction of sp³-hybridized carbons (Fsp3) is 0.579. The van der Waals surface area contributed by atoms with Gasteiger partial charge in [0.1, 0.15) is 0 Å². The number of hydrogen-bond donors (Lipinski definition) is 1. The maximum Gasteiger partial charge on any atom is 0.222 e. The molecular formula is C19H29N3O2. The summed E-state index contributed by atoms with van der Waals surface area (Å²) in [6.07, 6.45) is 1.48. The standard InChI is InChI=1S/C19H29N3O2/c1-19(2)15-21(18(24)11-7-10-17(23)20-3)12-13-22(19)14-16-8-5-4-6-9-16/h4-6,8-9H,7,10-15H2,1-3H3,(H,20,23). The Kier molecular flexibility index (Phi) is 6.37. The van der Waals surface area contributed by atoms with Crippen LogP contribution >= 0.6 is 0 Å². The van der Waals surface area contributed by atoms with E-state index < -0.39 is 0 Å². The second-order valence-corrected chi connectivity index (χ2v) is 7.06. The van der Waals surface area contributed by atoms with Gasteiger partial charge in [-0.1, -0.05) is 30.3 Å². The van der Waals surface area contributed by atoms with Crippen LogP contribution in [0.25, 0.3) is 0 Å². The number of piperazine rings is 1. The number of rotatable bonds is 6. The van der Waals surface area contributed by atoms with E-state index in [1.165, 1.54) is 5.56 Å². The van der Waals surface area contributed by atoms with Crippen molar-refractivity contribution in [2.24, 2.45) is 0 Å². The second kappa shape index (κ2) is 8.29. The lowest BCUT2D eigenvalue weighted by atomic mass is 9.97. The van der Waals surface area contributed by atoms with Crippen LogP contribution < -0.4 is 5.32 Å². The molecule has 132 valence electrons. The number of carbonyl (C=O) groups is 2. The van der Waals surface area contributed by atoms with Crippen molar-refractivity contribution in [2.75, 3.05) is 26.7 Å². The first-order valence-electron chi connectivity index (χ1n) is 8.70. The Morgan fingerprint density at radius 2 is 1.83 bits per heavy atom. The predicted molar refractivity (Wildman–Crippen MR) is 95.4 cm³/mol. The fourth-order valence-corrected chi connectivity index (χ4v) is 3.18. The molecule has 1 aromatic carbocycles. The van der Waals surface area contributed by atoms with Crippen molar-refractivity contribution in [1.29, 1.82) is 0 Å². The molecule has 1 aliphatic heterocycles. The Labute approximate surface area is 145 Å². The summed E-state index contributed by atoms with van der Waals surface area (Å²) in [6, 6.07) is 10.5. The first-order chi connectivity index (χ1) is 11.4. The number of benzene rings is 1. The van der Waals surface area contributed by atoms with Gasteiger partial charge in [-0.3, -0.25) is 14.5 Å². The maximum atomic E-state index is 12.4. The van der Waals surface area contributed by atoms with Crippen LogP contribution in [0, 0.1) is 0 Å². The van der Waals surface area contributed by atoms with Crippen LogP contribution in [0.5, 0.6) is 0 Å². The average molecular weight is 331 g/mol. The van der Waals surface area contributed by atoms with Gasteiger partial charge in [-0.15, -0.1) is 0 Å². The zero-order chi connectivity index (χ0) is 17.6. The van der Waals surface area contributed by atoms with Crippen molar-refractivity contribution < 1.29 is 9.59 Å². The molecule has 0 aromatic heterocycles. The van der Waals surface area contributed by atoms with Crippen molar-refractivity contribution in [3.63, 3.8) is 0 Å². The molecule has 2 rings (SSSR count). The second-order valence-electron chi connectivity index (χ2n) is 7.06. The zero-order valence-corrected chi connectivity index (χ0v) is 15.0. The Balaban J connectivity index is 1.85. The molecule has 1 N–H and O–H groups in total. The molecule has 1 aliphatic rings. The van der Waals surface area contributed by atoms with Crippen molar-refractivity contribution in [1.82, 2.24) is 15.1 Å². The molecule has 0 saturated carbocycles. The van der Waals surface area contributed by atoms with E-state index in [9.17, 15) is 9.59 Å². The Bertz CT molecular complexity index is 557. The minimum absolute atomic E-state index is 0.00388. The van der Waals surface area contributed by atoms with Gasteiger partial charge in [0.2, 0.25) is 11.8 Å². The predicted octanol–water partition coefficient (Wildman–Crippen LogP) is 2.03. The van der Waals surface area contributed by atoms with Crippen molar-refractivity contribution >= 4 is 11.8 Å². The lowest BCUT2D eigenvalue weighted by Gasteiger charge is -2.47. The van der Waals surface area contributed by atoms with Gasteiger partial charge in [-0.2, -0.15) is 0 Å². The van der Waals surface area contributed by atoms with Crippen LogP contribution in [0.2, 0.25) is 0 Å². The summed E-state index contributed by atoms with van der Waals surface area (Å²) in [5, 5.41) is 2.59. The number of carbonyl (C=O) groups excluding carboxylic acids is 2. The minimum atomic E-state index is -0.0510. The SMILES string of the molecule is CNC(=O)CCCC(=O)N1CCN(Cc2ccccc2)C(C)(C)C1. The first-order valence-corrected chi connectivity index (χ1v) is 8.70. The third kappa shape index (κ3) is 5.06. The van der Waals surface area contributed by atoms with E-state index in [2.05, 4.69) is 48.3 Å². The number of hydrogen-bond acceptors (Lipinski definition) is 3. The summed E-state index contributed by atoms with van der Waals surface area (Å²) in [4.78, 5) is 28.0. The molecule has 1 aromatic rings. The third-order valence-corrected chi connectivity index (χ3v) is 4.72. The highest BCUT2D eigenvalue weighted by atomic mass is 16.2. The lowest BCUT2D eigenvalue weighted by molar-refractivity contribution is -0.136. The van der Waals surface area contributed by atoms with E-state index in [1.54, 1.807) is 7.05 Å². The quantitative estimate of drug-likeness (QED) is 0.868. The van der Waals surface area contributed by atoms with Gasteiger partial charge in [-0.05, 0) is 25.8 Å². The van der Waals surface area contributed by atoms with Gasteiger partial charge in [0.25, 0.3) is 0 Å². The Hall–Kier alpha value is -1.88. The van der Waals surface area contributed by atoms with Gasteiger partial charge in [0, 0.05) is 51.6 Å². The Morgan fingerprint density at radius 1 is 1.12 bits per heavy atom. The highest BCUT2D eigenvalue weighted by Gasteiger charge is 2.35. The molecule has 5 nitrogen and oxygen atoms in total. The number of nitrogens with one attached hydrogen (secondary N) is 1. The molecule has 0 aliphatic carbocycles. The van der Waals surface area contributed by atoms with Gasteiger partial charge in [0.05, 0.1) is 0 Å². The largest absolute Gasteiger partial charge is 0.359 e. The fourth-order valence-electron chi connectivity index (χ4n) is 3.18.